The van der Waals surface area contributed by atoms with E-state index in [4.69, 9.17) is 0 Å². The molecule has 86 valence electrons. The molecule has 0 radical (unpaired) electrons. The first-order chi connectivity index (χ1) is 7.09. The fourth-order valence-electron chi connectivity index (χ4n) is 6.02. The van der Waals surface area contributed by atoms with E-state index in [2.05, 4.69) is 27.7 Å². The number of hydrogen-bond donors (Lipinski definition) is 0. The summed E-state index contributed by atoms with van der Waals surface area (Å²) in [5, 5.41) is 0. The first-order valence-electron chi connectivity index (χ1n) is 7.09. The molecule has 0 saturated heterocycles. The Morgan fingerprint density at radius 1 is 1.33 bits per heavy atom. The lowest BCUT2D eigenvalue weighted by atomic mass is 9.58. The minimum Gasteiger partial charge on any atom is -0.0654 e. The van der Waals surface area contributed by atoms with E-state index in [1.807, 2.05) is 0 Å². The predicted molar refractivity (Wildman–Crippen MR) is 64.6 cm³/mol. The molecule has 0 aliphatic heterocycles. The van der Waals surface area contributed by atoms with Crippen LogP contribution in [0.1, 0.15) is 59.8 Å². The second-order valence-corrected chi connectivity index (χ2v) is 6.93. The van der Waals surface area contributed by atoms with Gasteiger partial charge in [-0.2, -0.15) is 0 Å². The Bertz CT molecular complexity index is 282. The van der Waals surface area contributed by atoms with Crippen LogP contribution in [0.25, 0.3) is 0 Å². The Morgan fingerprint density at radius 3 is 2.60 bits per heavy atom. The highest BCUT2D eigenvalue weighted by atomic mass is 14.9. The van der Waals surface area contributed by atoms with Crippen molar-refractivity contribution in [1.82, 2.24) is 0 Å². The average molecular weight is 206 g/mol. The summed E-state index contributed by atoms with van der Waals surface area (Å²) in [7, 11) is 0. The summed E-state index contributed by atoms with van der Waals surface area (Å²) < 4.78 is 0. The van der Waals surface area contributed by atoms with Crippen molar-refractivity contribution in [1.29, 1.82) is 0 Å². The van der Waals surface area contributed by atoms with Crippen LogP contribution >= 0.6 is 0 Å². The Balaban J connectivity index is 1.79. The van der Waals surface area contributed by atoms with Gasteiger partial charge in [-0.15, -0.1) is 0 Å². The standard InChI is InChI=1S/C15H26/c1-5-6-10(2)12-7-8-13-14(4)11(3)9-15(12,13)14/h10-13H,5-9H2,1-4H3. The molecule has 3 rings (SSSR count). The molecule has 0 aromatic carbocycles. The van der Waals surface area contributed by atoms with Gasteiger partial charge >= 0.3 is 0 Å². The van der Waals surface area contributed by atoms with Crippen LogP contribution in [0.2, 0.25) is 0 Å². The smallest absolute Gasteiger partial charge is 0.0171 e. The molecule has 15 heavy (non-hydrogen) atoms. The molecule has 0 nitrogen and oxygen atoms in total. The maximum Gasteiger partial charge on any atom is -0.0171 e. The highest BCUT2D eigenvalue weighted by Gasteiger charge is 2.85. The third kappa shape index (κ3) is 0.875. The van der Waals surface area contributed by atoms with Crippen molar-refractivity contribution in [2.45, 2.75) is 59.8 Å². The quantitative estimate of drug-likeness (QED) is 0.638. The summed E-state index contributed by atoms with van der Waals surface area (Å²) in [6.45, 7) is 9.95. The van der Waals surface area contributed by atoms with Crippen molar-refractivity contribution in [2.75, 3.05) is 0 Å². The number of hydrogen-bond acceptors (Lipinski definition) is 0. The topological polar surface area (TPSA) is 0 Å². The molecule has 0 heterocycles. The SMILES string of the molecule is CCCC(C)C1CCC2C3(C)C(C)CC123. The fraction of sp³-hybridized carbons (Fsp3) is 1.00. The van der Waals surface area contributed by atoms with Gasteiger partial charge in [-0.1, -0.05) is 40.5 Å². The third-order valence-electron chi connectivity index (χ3n) is 6.79. The summed E-state index contributed by atoms with van der Waals surface area (Å²) in [6.07, 6.45) is 7.51. The lowest BCUT2D eigenvalue weighted by Crippen LogP contribution is -2.40. The van der Waals surface area contributed by atoms with Gasteiger partial charge in [0.1, 0.15) is 0 Å². The van der Waals surface area contributed by atoms with Crippen LogP contribution in [0, 0.1) is 34.5 Å². The van der Waals surface area contributed by atoms with Crippen LogP contribution in [0.4, 0.5) is 0 Å². The molecule has 6 unspecified atom stereocenters. The first kappa shape index (κ1) is 10.2. The number of fused-ring (bicyclic) bond motifs is 1. The van der Waals surface area contributed by atoms with E-state index in [9.17, 15) is 0 Å². The molecular formula is C15H26. The van der Waals surface area contributed by atoms with Crippen LogP contribution in [0.15, 0.2) is 0 Å². The van der Waals surface area contributed by atoms with Crippen molar-refractivity contribution in [2.24, 2.45) is 34.5 Å². The van der Waals surface area contributed by atoms with Gasteiger partial charge in [-0.25, -0.2) is 0 Å². The Hall–Kier alpha value is 0. The van der Waals surface area contributed by atoms with Crippen molar-refractivity contribution < 1.29 is 0 Å². The zero-order chi connectivity index (χ0) is 10.8. The maximum absolute atomic E-state index is 2.59. The second kappa shape index (κ2) is 2.81. The molecule has 0 N–H and O–H groups in total. The summed E-state index contributed by atoms with van der Waals surface area (Å²) in [5.41, 5.74) is 1.64. The van der Waals surface area contributed by atoms with Gasteiger partial charge in [0, 0.05) is 0 Å². The molecule has 6 atom stereocenters. The van der Waals surface area contributed by atoms with Crippen LogP contribution in [0.3, 0.4) is 0 Å². The molecule has 3 saturated carbocycles. The molecule has 3 aliphatic carbocycles. The lowest BCUT2D eigenvalue weighted by Gasteiger charge is -2.46. The summed E-state index contributed by atoms with van der Waals surface area (Å²) in [4.78, 5) is 0. The second-order valence-electron chi connectivity index (χ2n) is 6.93. The lowest BCUT2D eigenvalue weighted by molar-refractivity contribution is 0.0200. The van der Waals surface area contributed by atoms with Gasteiger partial charge in [0.05, 0.1) is 0 Å². The zero-order valence-corrected chi connectivity index (χ0v) is 10.8. The van der Waals surface area contributed by atoms with Crippen LogP contribution in [0.5, 0.6) is 0 Å². The van der Waals surface area contributed by atoms with Gasteiger partial charge in [0.2, 0.25) is 0 Å². The van der Waals surface area contributed by atoms with Crippen molar-refractivity contribution in [3.05, 3.63) is 0 Å². The van der Waals surface area contributed by atoms with Gasteiger partial charge < -0.3 is 0 Å². The van der Waals surface area contributed by atoms with Crippen molar-refractivity contribution in [3.63, 3.8) is 0 Å². The predicted octanol–water partition coefficient (Wildman–Crippen LogP) is 4.49. The van der Waals surface area contributed by atoms with Crippen molar-refractivity contribution >= 4 is 0 Å². The van der Waals surface area contributed by atoms with Gasteiger partial charge in [0.25, 0.3) is 0 Å². The van der Waals surface area contributed by atoms with Crippen LogP contribution in [-0.2, 0) is 0 Å². The molecule has 1 spiro atoms. The Morgan fingerprint density at radius 2 is 2.07 bits per heavy atom. The molecular weight excluding hydrogens is 180 g/mol. The average Bonchev–Trinajstić information content (AvgIpc) is 2.52. The van der Waals surface area contributed by atoms with Gasteiger partial charge in [-0.05, 0) is 53.8 Å². The molecule has 0 aromatic heterocycles. The largest absolute Gasteiger partial charge is 0.0654 e. The van der Waals surface area contributed by atoms with Gasteiger partial charge in [0.15, 0.2) is 0 Å². The maximum atomic E-state index is 2.59. The van der Waals surface area contributed by atoms with E-state index in [1.165, 1.54) is 12.8 Å². The molecule has 3 fully saturated rings. The van der Waals surface area contributed by atoms with Gasteiger partial charge in [-0.3, -0.25) is 0 Å². The van der Waals surface area contributed by atoms with E-state index in [0.717, 1.165) is 34.5 Å². The zero-order valence-electron chi connectivity index (χ0n) is 10.8. The third-order valence-corrected chi connectivity index (χ3v) is 6.79. The minimum absolute atomic E-state index is 0.790. The first-order valence-corrected chi connectivity index (χ1v) is 7.09. The summed E-state index contributed by atoms with van der Waals surface area (Å²) in [5.74, 6) is 4.24. The summed E-state index contributed by atoms with van der Waals surface area (Å²) in [6, 6.07) is 0. The van der Waals surface area contributed by atoms with Crippen molar-refractivity contribution in [3.8, 4) is 0 Å². The molecule has 0 amide bonds. The van der Waals surface area contributed by atoms with E-state index >= 15 is 0 Å². The van der Waals surface area contributed by atoms with E-state index in [1.54, 1.807) is 19.3 Å². The van der Waals surface area contributed by atoms with Crippen LogP contribution in [-0.4, -0.2) is 0 Å². The minimum atomic E-state index is 0.790. The fourth-order valence-corrected chi connectivity index (χ4v) is 6.02. The van der Waals surface area contributed by atoms with E-state index in [0.29, 0.717) is 0 Å². The van der Waals surface area contributed by atoms with E-state index < -0.39 is 0 Å². The highest BCUT2D eigenvalue weighted by Crippen LogP contribution is 2.91. The highest BCUT2D eigenvalue weighted by molar-refractivity contribution is 5.33. The van der Waals surface area contributed by atoms with E-state index in [-0.39, 0.29) is 0 Å². The molecule has 0 bridgehead atoms. The monoisotopic (exact) mass is 206 g/mol. The number of rotatable bonds is 3. The molecule has 3 aliphatic rings. The molecule has 0 aromatic rings. The Kier molecular flexibility index (Phi) is 1.91. The normalized spacial score (nSPS) is 58.0. The van der Waals surface area contributed by atoms with Crippen LogP contribution < -0.4 is 0 Å². The Labute approximate surface area is 94.8 Å². The summed E-state index contributed by atoms with van der Waals surface area (Å²) >= 11 is 0. The molecule has 0 heteroatoms.